The molecule has 0 saturated heterocycles. The molecule has 0 aliphatic carbocycles. The van der Waals surface area contributed by atoms with Crippen molar-refractivity contribution in [3.8, 4) is 11.4 Å². The Bertz CT molecular complexity index is 1360. The van der Waals surface area contributed by atoms with Gasteiger partial charge in [-0.2, -0.15) is 5.10 Å². The van der Waals surface area contributed by atoms with Gasteiger partial charge < -0.3 is 9.88 Å². The number of aromatic nitrogens is 7. The second-order valence-electron chi connectivity index (χ2n) is 6.89. The first-order valence-corrected chi connectivity index (χ1v) is 9.18. The van der Waals surface area contributed by atoms with Gasteiger partial charge in [-0.3, -0.25) is 28.4 Å². The lowest BCUT2D eigenvalue weighted by atomic mass is 10.2. The smallest absolute Gasteiger partial charge is 0.332 e. The molecule has 11 heteroatoms. The highest BCUT2D eigenvalue weighted by Crippen LogP contribution is 2.16. The van der Waals surface area contributed by atoms with Gasteiger partial charge in [-0.15, -0.1) is 0 Å². The molecule has 0 aliphatic rings. The maximum atomic E-state index is 12.5. The van der Waals surface area contributed by atoms with E-state index < -0.39 is 11.2 Å². The fourth-order valence-electron chi connectivity index (χ4n) is 3.28. The first-order valence-electron chi connectivity index (χ1n) is 9.18. The van der Waals surface area contributed by atoms with Gasteiger partial charge in [-0.1, -0.05) is 6.07 Å². The summed E-state index contributed by atoms with van der Waals surface area (Å²) in [6.07, 6.45) is 3.09. The molecule has 4 rings (SSSR count). The van der Waals surface area contributed by atoms with E-state index in [2.05, 4.69) is 20.4 Å². The van der Waals surface area contributed by atoms with E-state index in [1.54, 1.807) is 10.9 Å². The molecule has 0 aliphatic heterocycles. The molecule has 11 nitrogen and oxygen atoms in total. The van der Waals surface area contributed by atoms with Crippen LogP contribution in [0.2, 0.25) is 0 Å². The third-order valence-electron chi connectivity index (χ3n) is 4.86. The molecule has 0 radical (unpaired) electrons. The van der Waals surface area contributed by atoms with Gasteiger partial charge in [0.2, 0.25) is 5.91 Å². The van der Waals surface area contributed by atoms with Gasteiger partial charge in [0.1, 0.15) is 6.54 Å². The summed E-state index contributed by atoms with van der Waals surface area (Å²) in [5.74, 6) is -0.310. The highest BCUT2D eigenvalue weighted by molar-refractivity contribution is 5.78. The molecular weight excluding hydrogens is 388 g/mol. The summed E-state index contributed by atoms with van der Waals surface area (Å²) in [6, 6.07) is 7.48. The summed E-state index contributed by atoms with van der Waals surface area (Å²) >= 11 is 0. The molecule has 4 heterocycles. The second-order valence-corrected chi connectivity index (χ2v) is 6.89. The molecule has 0 aromatic carbocycles. The molecule has 4 aromatic rings. The number of nitrogens with zero attached hydrogens (tertiary/aromatic N) is 7. The number of rotatable bonds is 5. The number of carbonyl (C=O) groups excluding carboxylic acids is 1. The summed E-state index contributed by atoms with van der Waals surface area (Å²) in [7, 11) is 4.73. The number of hydrogen-bond donors (Lipinski definition) is 1. The Morgan fingerprint density at radius 2 is 1.90 bits per heavy atom. The first-order chi connectivity index (χ1) is 14.4. The molecule has 1 amide bonds. The highest BCUT2D eigenvalue weighted by Gasteiger charge is 2.16. The molecule has 0 saturated carbocycles. The van der Waals surface area contributed by atoms with E-state index >= 15 is 0 Å². The van der Waals surface area contributed by atoms with E-state index in [1.165, 1.54) is 29.6 Å². The van der Waals surface area contributed by atoms with E-state index in [0.717, 1.165) is 16.0 Å². The van der Waals surface area contributed by atoms with Crippen molar-refractivity contribution in [1.82, 2.24) is 38.8 Å². The largest absolute Gasteiger partial charge is 0.349 e. The number of pyridine rings is 1. The maximum Gasteiger partial charge on any atom is 0.332 e. The van der Waals surface area contributed by atoms with Crippen LogP contribution in [0.3, 0.4) is 0 Å². The summed E-state index contributed by atoms with van der Waals surface area (Å²) in [4.78, 5) is 45.3. The van der Waals surface area contributed by atoms with E-state index in [0.29, 0.717) is 5.69 Å². The number of hydrogen-bond acceptors (Lipinski definition) is 6. The van der Waals surface area contributed by atoms with E-state index in [1.807, 2.05) is 31.3 Å². The molecule has 154 valence electrons. The Morgan fingerprint density at radius 1 is 1.10 bits per heavy atom. The molecule has 4 aromatic heterocycles. The van der Waals surface area contributed by atoms with E-state index in [4.69, 9.17) is 0 Å². The highest BCUT2D eigenvalue weighted by atomic mass is 16.2. The minimum absolute atomic E-state index is 0.107. The first kappa shape index (κ1) is 19.3. The number of amides is 1. The summed E-state index contributed by atoms with van der Waals surface area (Å²) in [5.41, 5.74) is 1.77. The zero-order chi connectivity index (χ0) is 21.4. The Kier molecular flexibility index (Phi) is 4.78. The zero-order valence-corrected chi connectivity index (χ0v) is 16.7. The zero-order valence-electron chi connectivity index (χ0n) is 16.7. The van der Waals surface area contributed by atoms with Gasteiger partial charge in [0.15, 0.2) is 11.2 Å². The number of aryl methyl sites for hydroxylation is 2. The topological polar surface area (TPSA) is 122 Å². The summed E-state index contributed by atoms with van der Waals surface area (Å²) in [5, 5.41) is 7.20. The molecule has 0 fully saturated rings. The maximum absolute atomic E-state index is 12.5. The van der Waals surface area contributed by atoms with Gasteiger partial charge in [-0.05, 0) is 18.2 Å². The van der Waals surface area contributed by atoms with Crippen LogP contribution in [0.5, 0.6) is 0 Å². The lowest BCUT2D eigenvalue weighted by Gasteiger charge is -2.07. The Hall–Kier alpha value is -4.02. The third kappa shape index (κ3) is 3.30. The van der Waals surface area contributed by atoms with Crippen molar-refractivity contribution < 1.29 is 4.79 Å². The number of imidazole rings is 1. The molecule has 0 atom stereocenters. The van der Waals surface area contributed by atoms with E-state index in [9.17, 15) is 14.4 Å². The van der Waals surface area contributed by atoms with Crippen LogP contribution in [0, 0.1) is 0 Å². The van der Waals surface area contributed by atoms with Crippen molar-refractivity contribution in [3.63, 3.8) is 0 Å². The Labute approximate surface area is 170 Å². The molecule has 0 unspecified atom stereocenters. The van der Waals surface area contributed by atoms with Crippen LogP contribution in [-0.2, 0) is 39.0 Å². The van der Waals surface area contributed by atoms with Crippen LogP contribution in [-0.4, -0.2) is 39.4 Å². The van der Waals surface area contributed by atoms with Crippen LogP contribution in [0.4, 0.5) is 0 Å². The number of fused-ring (bicyclic) bond motifs is 1. The number of carbonyl (C=O) groups is 1. The molecule has 0 spiro atoms. The van der Waals surface area contributed by atoms with Crippen molar-refractivity contribution in [2.45, 2.75) is 13.1 Å². The van der Waals surface area contributed by atoms with E-state index in [-0.39, 0.29) is 30.2 Å². The summed E-state index contributed by atoms with van der Waals surface area (Å²) < 4.78 is 5.41. The predicted octanol–water partition coefficient (Wildman–Crippen LogP) is -0.454. The van der Waals surface area contributed by atoms with Crippen LogP contribution in [0.25, 0.3) is 22.6 Å². The van der Waals surface area contributed by atoms with Crippen LogP contribution < -0.4 is 16.6 Å². The quantitative estimate of drug-likeness (QED) is 0.477. The van der Waals surface area contributed by atoms with Gasteiger partial charge in [-0.25, -0.2) is 9.78 Å². The van der Waals surface area contributed by atoms with Gasteiger partial charge in [0.05, 0.1) is 30.0 Å². The van der Waals surface area contributed by atoms with Crippen molar-refractivity contribution in [2.75, 3.05) is 0 Å². The second kappa shape index (κ2) is 7.43. The van der Waals surface area contributed by atoms with Crippen molar-refractivity contribution in [2.24, 2.45) is 21.1 Å². The molecule has 0 bridgehead atoms. The average Bonchev–Trinajstić information content (AvgIpc) is 3.33. The number of nitrogens with one attached hydrogen (secondary N) is 1. The third-order valence-corrected chi connectivity index (χ3v) is 4.86. The van der Waals surface area contributed by atoms with Crippen molar-refractivity contribution in [3.05, 3.63) is 63.3 Å². The lowest BCUT2D eigenvalue weighted by molar-refractivity contribution is -0.121. The fraction of sp³-hybridized carbons (Fsp3) is 0.263. The Balaban J connectivity index is 1.50. The van der Waals surface area contributed by atoms with Gasteiger partial charge in [0.25, 0.3) is 5.56 Å². The van der Waals surface area contributed by atoms with Crippen LogP contribution in [0.1, 0.15) is 5.69 Å². The normalized spacial score (nSPS) is 11.2. The standard InChI is InChI=1S/C19H20N8O3/c1-24-17-16(18(29)25(2)19(24)30)27(11-22-17)10-15(28)21-9-12-8-14(26(3)23-12)13-6-4-5-7-20-13/h4-8,11H,9-10H2,1-3H3,(H,21,28). The molecule has 30 heavy (non-hydrogen) atoms. The predicted molar refractivity (Wildman–Crippen MR) is 109 cm³/mol. The summed E-state index contributed by atoms with van der Waals surface area (Å²) in [6.45, 7) is 0.118. The van der Waals surface area contributed by atoms with Crippen LogP contribution >= 0.6 is 0 Å². The molecule has 1 N–H and O–H groups in total. The fourth-order valence-corrected chi connectivity index (χ4v) is 3.28. The van der Waals surface area contributed by atoms with Crippen molar-refractivity contribution >= 4 is 17.1 Å². The minimum Gasteiger partial charge on any atom is -0.349 e. The van der Waals surface area contributed by atoms with Crippen LogP contribution in [0.15, 0.2) is 46.4 Å². The van der Waals surface area contributed by atoms with Crippen molar-refractivity contribution in [1.29, 1.82) is 0 Å². The van der Waals surface area contributed by atoms with Gasteiger partial charge in [0, 0.05) is 27.3 Å². The van der Waals surface area contributed by atoms with Gasteiger partial charge >= 0.3 is 5.69 Å². The lowest BCUT2D eigenvalue weighted by Crippen LogP contribution is -2.38. The minimum atomic E-state index is -0.497. The SMILES string of the molecule is Cn1nc(CNC(=O)Cn2cnc3c2c(=O)n(C)c(=O)n3C)cc1-c1ccccn1. The molecular formula is C19H20N8O3. The Morgan fingerprint density at radius 3 is 2.63 bits per heavy atom. The monoisotopic (exact) mass is 408 g/mol. The average molecular weight is 408 g/mol.